The molecule has 3 aromatic carbocycles. The fraction of sp³-hybridized carbons (Fsp3) is 0.167. The van der Waals surface area contributed by atoms with Crippen LogP contribution in [0.15, 0.2) is 77.7 Å². The molecule has 0 aliphatic carbocycles. The molecule has 0 radical (unpaired) electrons. The van der Waals surface area contributed by atoms with Crippen LogP contribution in [0, 0.1) is 0 Å². The Labute approximate surface area is 197 Å². The summed E-state index contributed by atoms with van der Waals surface area (Å²) < 4.78 is 36.2. The second-order valence-corrected chi connectivity index (χ2v) is 9.56. The van der Waals surface area contributed by atoms with Gasteiger partial charge in [-0.25, -0.2) is 13.2 Å². The minimum atomic E-state index is -3.70. The lowest BCUT2D eigenvalue weighted by Crippen LogP contribution is -2.20. The summed E-state index contributed by atoms with van der Waals surface area (Å²) in [5.74, 6) is 0.0360. The van der Waals surface area contributed by atoms with E-state index in [1.54, 1.807) is 54.6 Å². The fourth-order valence-corrected chi connectivity index (χ4v) is 4.53. The number of fused-ring (bicyclic) bond motifs is 1. The van der Waals surface area contributed by atoms with Gasteiger partial charge in [-0.15, -0.1) is 0 Å². The molecule has 0 bridgehead atoms. The van der Waals surface area contributed by atoms with Crippen LogP contribution in [0.4, 0.5) is 21.9 Å². The molecule has 3 aromatic rings. The summed E-state index contributed by atoms with van der Waals surface area (Å²) in [7, 11) is -3.70. The summed E-state index contributed by atoms with van der Waals surface area (Å²) in [5, 5.41) is 8.05. The number of nitrogens with one attached hydrogen (secondary N) is 3. The fourth-order valence-electron chi connectivity index (χ4n) is 3.28. The van der Waals surface area contributed by atoms with Crippen molar-refractivity contribution in [2.45, 2.75) is 11.3 Å². The molecule has 1 aliphatic rings. The Hall–Kier alpha value is -4.05. The molecule has 0 fully saturated rings. The summed E-state index contributed by atoms with van der Waals surface area (Å²) in [6, 6.07) is 19.5. The highest BCUT2D eigenvalue weighted by atomic mass is 32.2. The maximum Gasteiger partial charge on any atom is 0.323 e. The number of carbonyl (C=O) groups is 2. The van der Waals surface area contributed by atoms with Crippen molar-refractivity contribution in [3.05, 3.63) is 72.8 Å². The number of hydrogen-bond donors (Lipinski definition) is 3. The molecule has 0 unspecified atom stereocenters. The highest BCUT2D eigenvalue weighted by molar-refractivity contribution is 7.91. The monoisotopic (exact) mass is 481 g/mol. The molecule has 10 heteroatoms. The summed E-state index contributed by atoms with van der Waals surface area (Å²) in [6.45, 7) is 0.758. The second kappa shape index (κ2) is 10.3. The third-order valence-electron chi connectivity index (χ3n) is 4.91. The average molecular weight is 482 g/mol. The van der Waals surface area contributed by atoms with Gasteiger partial charge < -0.3 is 25.4 Å². The Morgan fingerprint density at radius 1 is 0.735 bits per heavy atom. The first-order chi connectivity index (χ1) is 16.4. The van der Waals surface area contributed by atoms with E-state index in [0.29, 0.717) is 41.8 Å². The lowest BCUT2D eigenvalue weighted by molar-refractivity contribution is -0.115. The van der Waals surface area contributed by atoms with Crippen molar-refractivity contribution in [3.8, 4) is 11.5 Å². The Kier molecular flexibility index (Phi) is 6.98. The molecule has 9 nitrogen and oxygen atoms in total. The number of carbonyl (C=O) groups excluding carboxylic acids is 2. The van der Waals surface area contributed by atoms with Crippen LogP contribution >= 0.6 is 0 Å². The van der Waals surface area contributed by atoms with E-state index in [4.69, 9.17) is 9.47 Å². The Morgan fingerprint density at radius 3 is 2.15 bits per heavy atom. The molecule has 4 rings (SSSR count). The van der Waals surface area contributed by atoms with Crippen molar-refractivity contribution in [2.75, 3.05) is 34.9 Å². The van der Waals surface area contributed by atoms with Crippen molar-refractivity contribution < 1.29 is 27.5 Å². The predicted octanol–water partition coefficient (Wildman–Crippen LogP) is 3.90. The number of rotatable bonds is 7. The number of para-hydroxylation sites is 1. The van der Waals surface area contributed by atoms with Gasteiger partial charge in [-0.3, -0.25) is 4.79 Å². The van der Waals surface area contributed by atoms with E-state index < -0.39 is 21.8 Å². The lowest BCUT2D eigenvalue weighted by atomic mass is 10.2. The van der Waals surface area contributed by atoms with Gasteiger partial charge in [0.2, 0.25) is 5.91 Å². The zero-order valence-electron chi connectivity index (χ0n) is 18.1. The number of urea groups is 1. The summed E-state index contributed by atoms with van der Waals surface area (Å²) >= 11 is 0. The van der Waals surface area contributed by atoms with E-state index in [1.807, 2.05) is 6.07 Å². The molecule has 3 amide bonds. The highest BCUT2D eigenvalue weighted by Gasteiger charge is 2.20. The predicted molar refractivity (Wildman–Crippen MR) is 128 cm³/mol. The number of hydrogen-bond acceptors (Lipinski definition) is 6. The third-order valence-corrected chi connectivity index (χ3v) is 6.62. The normalized spacial score (nSPS) is 12.5. The molecule has 176 valence electrons. The van der Waals surface area contributed by atoms with E-state index in [9.17, 15) is 18.0 Å². The van der Waals surface area contributed by atoms with Crippen molar-refractivity contribution >= 4 is 38.8 Å². The second-order valence-electron chi connectivity index (χ2n) is 7.45. The molecule has 1 heterocycles. The van der Waals surface area contributed by atoms with E-state index in [-0.39, 0.29) is 17.1 Å². The smallest absolute Gasteiger partial charge is 0.323 e. The summed E-state index contributed by atoms with van der Waals surface area (Å²) in [4.78, 5) is 24.6. The van der Waals surface area contributed by atoms with Crippen molar-refractivity contribution in [1.82, 2.24) is 0 Å². The molecular formula is C24H23N3O6S. The van der Waals surface area contributed by atoms with Crippen LogP contribution in [-0.2, 0) is 14.6 Å². The zero-order valence-corrected chi connectivity index (χ0v) is 18.9. The third kappa shape index (κ3) is 6.04. The number of amides is 3. The first kappa shape index (κ1) is 23.1. The minimum Gasteiger partial charge on any atom is -0.486 e. The van der Waals surface area contributed by atoms with E-state index in [1.165, 1.54) is 12.1 Å². The van der Waals surface area contributed by atoms with Crippen LogP contribution < -0.4 is 25.4 Å². The highest BCUT2D eigenvalue weighted by Crippen LogP contribution is 2.32. The van der Waals surface area contributed by atoms with Crippen LogP contribution in [0.3, 0.4) is 0 Å². The van der Waals surface area contributed by atoms with Crippen LogP contribution in [0.1, 0.15) is 6.42 Å². The van der Waals surface area contributed by atoms with E-state index >= 15 is 0 Å². The van der Waals surface area contributed by atoms with Gasteiger partial charge in [0.25, 0.3) is 0 Å². The number of benzene rings is 3. The molecule has 0 saturated carbocycles. The molecule has 0 atom stereocenters. The summed E-state index contributed by atoms with van der Waals surface area (Å²) in [6.07, 6.45) is -0.233. The number of sulfone groups is 1. The van der Waals surface area contributed by atoms with Crippen LogP contribution in [-0.4, -0.2) is 39.3 Å². The van der Waals surface area contributed by atoms with Crippen LogP contribution in [0.5, 0.6) is 11.5 Å². The largest absolute Gasteiger partial charge is 0.486 e. The SMILES string of the molecule is O=C(CCS(=O)(=O)c1ccc2c(c1)OCCO2)Nc1cccc(NC(=O)Nc2ccccc2)c1. The molecule has 1 aliphatic heterocycles. The molecular weight excluding hydrogens is 458 g/mol. The minimum absolute atomic E-state index is 0.0696. The average Bonchev–Trinajstić information content (AvgIpc) is 2.83. The Balaban J connectivity index is 1.32. The molecule has 3 N–H and O–H groups in total. The molecule has 0 saturated heterocycles. The summed E-state index contributed by atoms with van der Waals surface area (Å²) in [5.41, 5.74) is 1.54. The van der Waals surface area contributed by atoms with Gasteiger partial charge in [0.15, 0.2) is 21.3 Å². The molecule has 0 aromatic heterocycles. The van der Waals surface area contributed by atoms with Crippen LogP contribution in [0.2, 0.25) is 0 Å². The topological polar surface area (TPSA) is 123 Å². The number of ether oxygens (including phenoxy) is 2. The van der Waals surface area contributed by atoms with Gasteiger partial charge in [0.1, 0.15) is 13.2 Å². The first-order valence-corrected chi connectivity index (χ1v) is 12.2. The number of anilines is 3. The van der Waals surface area contributed by atoms with Gasteiger partial charge in [-0.05, 0) is 42.5 Å². The van der Waals surface area contributed by atoms with E-state index in [0.717, 1.165) is 0 Å². The lowest BCUT2D eigenvalue weighted by Gasteiger charge is -2.18. The van der Waals surface area contributed by atoms with Gasteiger partial charge in [0.05, 0.1) is 10.6 Å². The Bertz CT molecular complexity index is 1300. The quantitative estimate of drug-likeness (QED) is 0.470. The van der Waals surface area contributed by atoms with Crippen molar-refractivity contribution in [2.24, 2.45) is 0 Å². The van der Waals surface area contributed by atoms with Crippen molar-refractivity contribution in [1.29, 1.82) is 0 Å². The maximum atomic E-state index is 12.7. The Morgan fingerprint density at radius 2 is 1.38 bits per heavy atom. The first-order valence-electron chi connectivity index (χ1n) is 10.5. The zero-order chi connectivity index (χ0) is 24.0. The molecule has 0 spiro atoms. The van der Waals surface area contributed by atoms with Gasteiger partial charge in [-0.2, -0.15) is 0 Å². The van der Waals surface area contributed by atoms with E-state index in [2.05, 4.69) is 16.0 Å². The van der Waals surface area contributed by atoms with Gasteiger partial charge in [0, 0.05) is 29.5 Å². The van der Waals surface area contributed by atoms with Gasteiger partial charge in [-0.1, -0.05) is 24.3 Å². The van der Waals surface area contributed by atoms with Crippen LogP contribution in [0.25, 0.3) is 0 Å². The van der Waals surface area contributed by atoms with Crippen molar-refractivity contribution in [3.63, 3.8) is 0 Å². The van der Waals surface area contributed by atoms with Gasteiger partial charge >= 0.3 is 6.03 Å². The maximum absolute atomic E-state index is 12.7. The standard InChI is InChI=1S/C24H23N3O6S/c28-23(11-14-34(30,31)20-9-10-21-22(16-20)33-13-12-32-21)25-18-7-4-8-19(15-18)27-24(29)26-17-5-2-1-3-6-17/h1-10,15-16H,11-14H2,(H,25,28)(H2,26,27,29). The molecule has 34 heavy (non-hydrogen) atoms.